The predicted molar refractivity (Wildman–Crippen MR) is 146 cm³/mol. The quantitative estimate of drug-likeness (QED) is 0.294. The van der Waals surface area contributed by atoms with Crippen LogP contribution in [0.25, 0.3) is 38.8 Å². The van der Waals surface area contributed by atoms with Gasteiger partial charge in [0.15, 0.2) is 5.65 Å². The lowest BCUT2D eigenvalue weighted by atomic mass is 9.96. The average Bonchev–Trinajstić information content (AvgIpc) is 3.21. The molecule has 6 rings (SSSR count). The van der Waals surface area contributed by atoms with Crippen molar-refractivity contribution in [2.75, 3.05) is 5.32 Å². The molecule has 0 atom stereocenters. The maximum Gasteiger partial charge on any atom is 0.164 e. The highest BCUT2D eigenvalue weighted by atomic mass is 15.3. The lowest BCUT2D eigenvalue weighted by Gasteiger charge is -2.12. The van der Waals surface area contributed by atoms with Crippen molar-refractivity contribution in [3.8, 4) is 16.8 Å². The first-order valence-electron chi connectivity index (χ1n) is 11.9. The van der Waals surface area contributed by atoms with Crippen LogP contribution in [0.15, 0.2) is 97.1 Å². The molecule has 4 aromatic carbocycles. The first-order valence-corrected chi connectivity index (χ1v) is 11.9. The maximum atomic E-state index is 5.07. The van der Waals surface area contributed by atoms with Crippen LogP contribution in [0.1, 0.15) is 16.8 Å². The Kier molecular flexibility index (Phi) is 5.07. The van der Waals surface area contributed by atoms with E-state index in [0.717, 1.165) is 50.3 Å². The molecule has 0 bridgehead atoms. The third kappa shape index (κ3) is 3.83. The summed E-state index contributed by atoms with van der Waals surface area (Å²) < 4.78 is 1.96. The van der Waals surface area contributed by atoms with E-state index in [1.165, 1.54) is 16.7 Å². The number of rotatable bonds is 4. The molecule has 2 heterocycles. The Hall–Kier alpha value is -4.44. The van der Waals surface area contributed by atoms with Crippen molar-refractivity contribution in [2.45, 2.75) is 20.8 Å². The van der Waals surface area contributed by atoms with Gasteiger partial charge in [-0.2, -0.15) is 5.10 Å². The van der Waals surface area contributed by atoms with Gasteiger partial charge in [0.25, 0.3) is 0 Å². The minimum absolute atomic E-state index is 0.877. The molecule has 0 aliphatic carbocycles. The monoisotopic (exact) mass is 454 g/mol. The molecule has 0 fully saturated rings. The van der Waals surface area contributed by atoms with Gasteiger partial charge in [0, 0.05) is 22.3 Å². The highest BCUT2D eigenvalue weighted by molar-refractivity contribution is 6.10. The molecule has 0 saturated carbocycles. The Morgan fingerprint density at radius 3 is 2.06 bits per heavy atom. The average molecular weight is 455 g/mol. The maximum absolute atomic E-state index is 5.07. The van der Waals surface area contributed by atoms with Crippen LogP contribution in [0.3, 0.4) is 0 Å². The standard InChI is InChI=1S/C31H26N4/c1-20-9-14-24(15-10-20)32-25-16-12-23(13-17-25)30-27-19-21(2)11-18-28(27)33-31-29(30)22(3)34-35(31)26-7-5-4-6-8-26/h4-19,32H,1-3H3. The minimum Gasteiger partial charge on any atom is -0.356 e. The molecule has 35 heavy (non-hydrogen) atoms. The van der Waals surface area contributed by atoms with Crippen LogP contribution in [-0.2, 0) is 0 Å². The molecule has 0 spiro atoms. The van der Waals surface area contributed by atoms with Crippen molar-refractivity contribution < 1.29 is 0 Å². The van der Waals surface area contributed by atoms with Gasteiger partial charge in [0.05, 0.1) is 22.3 Å². The van der Waals surface area contributed by atoms with Gasteiger partial charge in [-0.1, -0.05) is 59.7 Å². The summed E-state index contributed by atoms with van der Waals surface area (Å²) in [5.41, 5.74) is 10.7. The molecule has 6 aromatic rings. The molecule has 0 aliphatic heterocycles. The Balaban J connectivity index is 1.53. The number of aryl methyl sites for hydroxylation is 3. The first kappa shape index (κ1) is 21.1. The summed E-state index contributed by atoms with van der Waals surface area (Å²) in [5.74, 6) is 0. The van der Waals surface area contributed by atoms with Gasteiger partial charge >= 0.3 is 0 Å². The highest BCUT2D eigenvalue weighted by Crippen LogP contribution is 2.38. The van der Waals surface area contributed by atoms with E-state index < -0.39 is 0 Å². The molecule has 4 nitrogen and oxygen atoms in total. The second-order valence-electron chi connectivity index (χ2n) is 9.11. The smallest absolute Gasteiger partial charge is 0.164 e. The summed E-state index contributed by atoms with van der Waals surface area (Å²) in [4.78, 5) is 5.07. The van der Waals surface area contributed by atoms with E-state index in [4.69, 9.17) is 10.1 Å². The van der Waals surface area contributed by atoms with Crippen LogP contribution in [0.5, 0.6) is 0 Å². The van der Waals surface area contributed by atoms with E-state index in [2.05, 4.69) is 105 Å². The van der Waals surface area contributed by atoms with Crippen molar-refractivity contribution in [1.29, 1.82) is 0 Å². The molecular weight excluding hydrogens is 428 g/mol. The third-order valence-electron chi connectivity index (χ3n) is 6.45. The van der Waals surface area contributed by atoms with Crippen LogP contribution in [0.2, 0.25) is 0 Å². The van der Waals surface area contributed by atoms with Crippen LogP contribution in [-0.4, -0.2) is 14.8 Å². The highest BCUT2D eigenvalue weighted by Gasteiger charge is 2.19. The van der Waals surface area contributed by atoms with Crippen LogP contribution in [0, 0.1) is 20.8 Å². The van der Waals surface area contributed by atoms with E-state index in [1.807, 2.05) is 22.9 Å². The third-order valence-corrected chi connectivity index (χ3v) is 6.45. The number of aromatic nitrogens is 3. The lowest BCUT2D eigenvalue weighted by Crippen LogP contribution is -1.98. The van der Waals surface area contributed by atoms with Crippen molar-refractivity contribution in [1.82, 2.24) is 14.8 Å². The number of benzene rings is 4. The Labute approximate surface area is 204 Å². The van der Waals surface area contributed by atoms with Gasteiger partial charge in [-0.15, -0.1) is 0 Å². The molecule has 0 unspecified atom stereocenters. The minimum atomic E-state index is 0.877. The topological polar surface area (TPSA) is 42.7 Å². The van der Waals surface area contributed by atoms with Crippen LogP contribution >= 0.6 is 0 Å². The molecule has 170 valence electrons. The normalized spacial score (nSPS) is 11.3. The lowest BCUT2D eigenvalue weighted by molar-refractivity contribution is 0.879. The van der Waals surface area contributed by atoms with Gasteiger partial charge in [0.1, 0.15) is 0 Å². The summed E-state index contributed by atoms with van der Waals surface area (Å²) in [7, 11) is 0. The van der Waals surface area contributed by atoms with Crippen LogP contribution < -0.4 is 5.32 Å². The molecule has 0 amide bonds. The number of para-hydroxylation sites is 1. The SMILES string of the molecule is Cc1ccc(Nc2ccc(-c3c4cc(C)ccc4nc4c3c(C)nn4-c3ccccc3)cc2)cc1. The molecular formula is C31H26N4. The Bertz CT molecular complexity index is 1660. The fourth-order valence-electron chi connectivity index (χ4n) is 4.68. The number of fused-ring (bicyclic) bond motifs is 2. The van der Waals surface area contributed by atoms with E-state index in [9.17, 15) is 0 Å². The van der Waals surface area contributed by atoms with Crippen molar-refractivity contribution >= 4 is 33.3 Å². The van der Waals surface area contributed by atoms with E-state index >= 15 is 0 Å². The van der Waals surface area contributed by atoms with E-state index in [0.29, 0.717) is 0 Å². The second-order valence-corrected chi connectivity index (χ2v) is 9.11. The molecule has 0 saturated heterocycles. The largest absolute Gasteiger partial charge is 0.356 e. The first-order chi connectivity index (χ1) is 17.1. The summed E-state index contributed by atoms with van der Waals surface area (Å²) in [6.45, 7) is 6.30. The summed E-state index contributed by atoms with van der Waals surface area (Å²) in [5, 5.41) is 10.7. The fraction of sp³-hybridized carbons (Fsp3) is 0.0968. The number of hydrogen-bond acceptors (Lipinski definition) is 3. The molecule has 0 radical (unpaired) electrons. The Morgan fingerprint density at radius 1 is 0.686 bits per heavy atom. The van der Waals surface area contributed by atoms with Gasteiger partial charge in [-0.3, -0.25) is 0 Å². The van der Waals surface area contributed by atoms with Crippen molar-refractivity contribution in [3.63, 3.8) is 0 Å². The predicted octanol–water partition coefficient (Wildman–Crippen LogP) is 7.91. The number of nitrogens with one attached hydrogen (secondary N) is 1. The van der Waals surface area contributed by atoms with Crippen LogP contribution in [0.4, 0.5) is 11.4 Å². The number of anilines is 2. The molecule has 2 aromatic heterocycles. The summed E-state index contributed by atoms with van der Waals surface area (Å²) >= 11 is 0. The number of nitrogens with zero attached hydrogens (tertiary/aromatic N) is 3. The molecule has 1 N–H and O–H groups in total. The Morgan fingerprint density at radius 2 is 1.34 bits per heavy atom. The van der Waals surface area contributed by atoms with Crippen molar-refractivity contribution in [3.05, 3.63) is 114 Å². The van der Waals surface area contributed by atoms with Crippen molar-refractivity contribution in [2.24, 2.45) is 0 Å². The zero-order chi connectivity index (χ0) is 23.9. The number of hydrogen-bond donors (Lipinski definition) is 1. The van der Waals surface area contributed by atoms with E-state index in [1.54, 1.807) is 0 Å². The summed E-state index contributed by atoms with van der Waals surface area (Å²) in [6.07, 6.45) is 0. The van der Waals surface area contributed by atoms with Gasteiger partial charge in [-0.25, -0.2) is 9.67 Å². The zero-order valence-corrected chi connectivity index (χ0v) is 20.1. The van der Waals surface area contributed by atoms with E-state index in [-0.39, 0.29) is 0 Å². The molecule has 0 aliphatic rings. The fourth-order valence-corrected chi connectivity index (χ4v) is 4.68. The second kappa shape index (κ2) is 8.41. The van der Waals surface area contributed by atoms with Gasteiger partial charge in [0.2, 0.25) is 0 Å². The van der Waals surface area contributed by atoms with Gasteiger partial charge < -0.3 is 5.32 Å². The number of pyridine rings is 1. The summed E-state index contributed by atoms with van der Waals surface area (Å²) in [6, 6.07) is 33.8. The zero-order valence-electron chi connectivity index (χ0n) is 20.1. The van der Waals surface area contributed by atoms with Gasteiger partial charge in [-0.05, 0) is 74.9 Å². The molecule has 4 heteroatoms.